The molecule has 0 aliphatic rings. The van der Waals surface area contributed by atoms with Crippen molar-refractivity contribution in [3.05, 3.63) is 72.1 Å². The Morgan fingerprint density at radius 3 is 2.53 bits per heavy atom. The van der Waals surface area contributed by atoms with Gasteiger partial charge in [0, 0.05) is 23.4 Å². The number of carbonyl (C=O) groups is 1. The summed E-state index contributed by atoms with van der Waals surface area (Å²) in [5, 5.41) is 14.1. The molecule has 0 fully saturated rings. The van der Waals surface area contributed by atoms with Gasteiger partial charge in [-0.1, -0.05) is 24.2 Å². The summed E-state index contributed by atoms with van der Waals surface area (Å²) in [5.74, 6) is 0.0309. The number of allylic oxidation sites excluding steroid dienone is 3. The van der Waals surface area contributed by atoms with Crippen LogP contribution < -0.4 is 9.47 Å². The fourth-order valence-corrected chi connectivity index (χ4v) is 3.04. The standard InChI is InChI=1S/C25H25F2NO6/c1-5-16(32-24(26)27)10-9-15(2)22-20-12-11-18(14-21(20)34-28-22)31-17-7-6-8-19(13-17)33-25(3,4)23(29)30/h5-15,24H,1-4H3,(H,29,30)/b10-9-,16-5+. The van der Waals surface area contributed by atoms with Gasteiger partial charge in [-0.05, 0) is 57.2 Å². The number of carboxylic acid groups (broad SMARTS) is 1. The SMILES string of the molecule is C/C=C(\C=C/C(C)c1noc2cc(Oc3cccc(OC(C)(C)C(=O)O)c3)ccc12)OC(F)F. The number of alkyl halides is 2. The van der Waals surface area contributed by atoms with E-state index in [1.807, 2.05) is 6.92 Å². The molecular formula is C25H25F2NO6. The average Bonchev–Trinajstić information content (AvgIpc) is 3.19. The van der Waals surface area contributed by atoms with Crippen LogP contribution in [0.1, 0.15) is 39.3 Å². The molecule has 0 aliphatic heterocycles. The fraction of sp³-hybridized carbons (Fsp3) is 0.280. The molecule has 9 heteroatoms. The van der Waals surface area contributed by atoms with Crippen LogP contribution in [0.3, 0.4) is 0 Å². The van der Waals surface area contributed by atoms with Gasteiger partial charge >= 0.3 is 12.6 Å². The number of rotatable bonds is 10. The smallest absolute Gasteiger partial charge is 0.387 e. The quantitative estimate of drug-likeness (QED) is 0.260. The van der Waals surface area contributed by atoms with Gasteiger partial charge in [-0.3, -0.25) is 0 Å². The van der Waals surface area contributed by atoms with Gasteiger partial charge in [0.25, 0.3) is 0 Å². The van der Waals surface area contributed by atoms with Crippen LogP contribution in [0.4, 0.5) is 8.78 Å². The molecule has 1 N–H and O–H groups in total. The van der Waals surface area contributed by atoms with E-state index in [2.05, 4.69) is 9.89 Å². The summed E-state index contributed by atoms with van der Waals surface area (Å²) >= 11 is 0. The zero-order valence-electron chi connectivity index (χ0n) is 19.1. The van der Waals surface area contributed by atoms with Crippen LogP contribution in [0.2, 0.25) is 0 Å². The first-order chi connectivity index (χ1) is 16.1. The molecule has 2 aromatic carbocycles. The molecule has 0 bridgehead atoms. The summed E-state index contributed by atoms with van der Waals surface area (Å²) in [4.78, 5) is 11.3. The van der Waals surface area contributed by atoms with Crippen molar-refractivity contribution in [3.63, 3.8) is 0 Å². The maximum Gasteiger partial charge on any atom is 0.387 e. The fourth-order valence-electron chi connectivity index (χ4n) is 3.04. The highest BCUT2D eigenvalue weighted by atomic mass is 19.3. The molecule has 3 rings (SSSR count). The van der Waals surface area contributed by atoms with Crippen molar-refractivity contribution in [2.45, 2.75) is 45.8 Å². The number of fused-ring (bicyclic) bond motifs is 1. The Balaban J connectivity index is 1.75. The lowest BCUT2D eigenvalue weighted by molar-refractivity contribution is -0.152. The highest BCUT2D eigenvalue weighted by Crippen LogP contribution is 2.32. The summed E-state index contributed by atoms with van der Waals surface area (Å²) in [6, 6.07) is 11.8. The molecule has 1 unspecified atom stereocenters. The summed E-state index contributed by atoms with van der Waals surface area (Å²) in [6.45, 7) is 3.49. The van der Waals surface area contributed by atoms with Crippen molar-refractivity contribution in [1.29, 1.82) is 0 Å². The third-order valence-corrected chi connectivity index (χ3v) is 4.89. The Morgan fingerprint density at radius 2 is 1.85 bits per heavy atom. The van der Waals surface area contributed by atoms with Crippen molar-refractivity contribution in [2.24, 2.45) is 0 Å². The van der Waals surface area contributed by atoms with E-state index >= 15 is 0 Å². The second kappa shape index (κ2) is 10.4. The lowest BCUT2D eigenvalue weighted by Crippen LogP contribution is -2.37. The number of hydrogen-bond acceptors (Lipinski definition) is 6. The zero-order chi connectivity index (χ0) is 24.9. The lowest BCUT2D eigenvalue weighted by atomic mass is 10.0. The molecule has 3 aromatic rings. The van der Waals surface area contributed by atoms with Gasteiger partial charge in [0.15, 0.2) is 11.2 Å². The Bertz CT molecular complexity index is 1220. The first-order valence-corrected chi connectivity index (χ1v) is 10.5. The maximum absolute atomic E-state index is 12.4. The van der Waals surface area contributed by atoms with Crippen molar-refractivity contribution >= 4 is 16.9 Å². The first kappa shape index (κ1) is 24.8. The zero-order valence-corrected chi connectivity index (χ0v) is 19.1. The third kappa shape index (κ3) is 6.12. The summed E-state index contributed by atoms with van der Waals surface area (Å²) in [5.41, 5.74) is -0.267. The summed E-state index contributed by atoms with van der Waals surface area (Å²) in [6.07, 6.45) is 4.61. The molecule has 0 saturated carbocycles. The van der Waals surface area contributed by atoms with E-state index in [0.29, 0.717) is 28.5 Å². The number of aliphatic carboxylic acids is 1. The molecule has 7 nitrogen and oxygen atoms in total. The molecule has 0 radical (unpaired) electrons. The van der Waals surface area contributed by atoms with Gasteiger partial charge in [0.1, 0.15) is 23.0 Å². The topological polar surface area (TPSA) is 91.0 Å². The molecule has 0 spiro atoms. The summed E-state index contributed by atoms with van der Waals surface area (Å²) < 4.78 is 46.1. The van der Waals surface area contributed by atoms with Gasteiger partial charge in [0.2, 0.25) is 0 Å². The Kier molecular flexibility index (Phi) is 7.55. The largest absolute Gasteiger partial charge is 0.478 e. The second-order valence-corrected chi connectivity index (χ2v) is 7.94. The van der Waals surface area contributed by atoms with E-state index in [1.54, 1.807) is 55.5 Å². The normalized spacial score (nSPS) is 13.4. The number of benzene rings is 2. The van der Waals surface area contributed by atoms with Crippen LogP contribution in [0, 0.1) is 0 Å². The van der Waals surface area contributed by atoms with E-state index < -0.39 is 18.2 Å². The average molecular weight is 473 g/mol. The minimum absolute atomic E-state index is 0.0586. The van der Waals surface area contributed by atoms with E-state index in [4.69, 9.17) is 14.0 Å². The molecule has 1 heterocycles. The molecular weight excluding hydrogens is 448 g/mol. The Hall–Kier alpha value is -3.88. The minimum atomic E-state index is -2.90. The van der Waals surface area contributed by atoms with Gasteiger partial charge < -0.3 is 23.8 Å². The predicted octanol–water partition coefficient (Wildman–Crippen LogP) is 6.66. The van der Waals surface area contributed by atoms with Crippen molar-refractivity contribution in [1.82, 2.24) is 5.16 Å². The van der Waals surface area contributed by atoms with Crippen molar-refractivity contribution in [2.75, 3.05) is 0 Å². The number of hydrogen-bond donors (Lipinski definition) is 1. The maximum atomic E-state index is 12.4. The Morgan fingerprint density at radius 1 is 1.15 bits per heavy atom. The molecule has 1 aromatic heterocycles. The molecule has 1 atom stereocenters. The van der Waals surface area contributed by atoms with E-state index in [9.17, 15) is 18.7 Å². The molecule has 34 heavy (non-hydrogen) atoms. The predicted molar refractivity (Wildman–Crippen MR) is 121 cm³/mol. The molecule has 0 amide bonds. The van der Waals surface area contributed by atoms with Crippen LogP contribution in [-0.2, 0) is 9.53 Å². The second-order valence-electron chi connectivity index (χ2n) is 7.94. The van der Waals surface area contributed by atoms with Gasteiger partial charge in [-0.25, -0.2) is 4.79 Å². The van der Waals surface area contributed by atoms with E-state index in [1.165, 1.54) is 26.0 Å². The molecule has 0 saturated heterocycles. The minimum Gasteiger partial charge on any atom is -0.478 e. The van der Waals surface area contributed by atoms with Crippen LogP contribution >= 0.6 is 0 Å². The van der Waals surface area contributed by atoms with E-state index in [-0.39, 0.29) is 11.7 Å². The van der Waals surface area contributed by atoms with Gasteiger partial charge in [-0.2, -0.15) is 8.78 Å². The molecule has 180 valence electrons. The van der Waals surface area contributed by atoms with Crippen molar-refractivity contribution < 1.29 is 37.4 Å². The monoisotopic (exact) mass is 473 g/mol. The van der Waals surface area contributed by atoms with Crippen LogP contribution in [0.5, 0.6) is 17.2 Å². The lowest BCUT2D eigenvalue weighted by Gasteiger charge is -2.21. The van der Waals surface area contributed by atoms with E-state index in [0.717, 1.165) is 5.39 Å². The number of halogens is 2. The van der Waals surface area contributed by atoms with Gasteiger partial charge in [0.05, 0.1) is 5.69 Å². The third-order valence-electron chi connectivity index (χ3n) is 4.89. The van der Waals surface area contributed by atoms with Crippen LogP contribution in [0.15, 0.2) is 71.0 Å². The highest BCUT2D eigenvalue weighted by molar-refractivity contribution is 5.81. The highest BCUT2D eigenvalue weighted by Gasteiger charge is 2.29. The van der Waals surface area contributed by atoms with Crippen LogP contribution in [0.25, 0.3) is 11.0 Å². The van der Waals surface area contributed by atoms with Gasteiger partial charge in [-0.15, -0.1) is 0 Å². The van der Waals surface area contributed by atoms with Crippen molar-refractivity contribution in [3.8, 4) is 17.2 Å². The molecule has 0 aliphatic carbocycles. The Labute approximate surface area is 195 Å². The first-order valence-electron chi connectivity index (χ1n) is 10.5. The number of ether oxygens (including phenoxy) is 3. The number of nitrogens with zero attached hydrogens (tertiary/aromatic N) is 1. The summed E-state index contributed by atoms with van der Waals surface area (Å²) in [7, 11) is 0. The van der Waals surface area contributed by atoms with Crippen LogP contribution in [-0.4, -0.2) is 28.4 Å². The number of aromatic nitrogens is 1. The number of carboxylic acids is 1.